The van der Waals surface area contributed by atoms with Gasteiger partial charge in [0.1, 0.15) is 11.5 Å². The van der Waals surface area contributed by atoms with E-state index in [1.54, 1.807) is 7.11 Å². The number of thiocarbonyl (C=S) groups is 1. The molecule has 0 saturated heterocycles. The number of benzene rings is 2. The number of hydrogen-bond acceptors (Lipinski definition) is 3. The second-order valence-electron chi connectivity index (χ2n) is 4.81. The van der Waals surface area contributed by atoms with Gasteiger partial charge in [0.2, 0.25) is 0 Å². The fourth-order valence-electron chi connectivity index (χ4n) is 1.97. The lowest BCUT2D eigenvalue weighted by Gasteiger charge is -2.15. The predicted molar refractivity (Wildman–Crippen MR) is 95.7 cm³/mol. The van der Waals surface area contributed by atoms with Crippen molar-refractivity contribution >= 4 is 40.3 Å². The van der Waals surface area contributed by atoms with Crippen molar-refractivity contribution in [3.63, 3.8) is 0 Å². The monoisotopic (exact) mass is 372 g/mol. The highest BCUT2D eigenvalue weighted by Crippen LogP contribution is 2.29. The molecular weight excluding hydrogens is 358 g/mol. The van der Waals surface area contributed by atoms with Gasteiger partial charge in [0.05, 0.1) is 17.8 Å². The number of hydrogen-bond donors (Lipinski definition) is 2. The van der Waals surface area contributed by atoms with Crippen molar-refractivity contribution in [2.75, 3.05) is 17.7 Å². The first-order valence-corrected chi connectivity index (χ1v) is 7.64. The minimum atomic E-state index is -2.93. The van der Waals surface area contributed by atoms with Gasteiger partial charge < -0.3 is 20.1 Å². The molecule has 128 valence electrons. The van der Waals surface area contributed by atoms with Crippen LogP contribution in [0.5, 0.6) is 11.5 Å². The van der Waals surface area contributed by atoms with E-state index in [0.717, 1.165) is 5.56 Å². The number of alkyl halides is 2. The third-order valence-electron chi connectivity index (χ3n) is 3.01. The van der Waals surface area contributed by atoms with E-state index in [-0.39, 0.29) is 10.8 Å². The highest BCUT2D eigenvalue weighted by molar-refractivity contribution is 7.80. The first-order valence-electron chi connectivity index (χ1n) is 6.86. The molecule has 24 heavy (non-hydrogen) atoms. The van der Waals surface area contributed by atoms with Gasteiger partial charge in [-0.3, -0.25) is 0 Å². The summed E-state index contributed by atoms with van der Waals surface area (Å²) in [6, 6.07) is 9.95. The zero-order valence-corrected chi connectivity index (χ0v) is 14.5. The molecule has 0 heterocycles. The Labute approximate surface area is 148 Å². The van der Waals surface area contributed by atoms with E-state index in [9.17, 15) is 8.78 Å². The van der Waals surface area contributed by atoms with E-state index < -0.39 is 6.61 Å². The van der Waals surface area contributed by atoms with Gasteiger partial charge in [-0.15, -0.1) is 0 Å². The van der Waals surface area contributed by atoms with Crippen LogP contribution in [0.15, 0.2) is 36.4 Å². The van der Waals surface area contributed by atoms with Gasteiger partial charge in [-0.1, -0.05) is 17.7 Å². The molecule has 0 saturated carbocycles. The average Bonchev–Trinajstić information content (AvgIpc) is 2.50. The van der Waals surface area contributed by atoms with Crippen molar-refractivity contribution in [1.82, 2.24) is 0 Å². The van der Waals surface area contributed by atoms with E-state index >= 15 is 0 Å². The van der Waals surface area contributed by atoms with Crippen molar-refractivity contribution in [2.45, 2.75) is 13.5 Å². The normalized spacial score (nSPS) is 10.4. The molecule has 4 nitrogen and oxygen atoms in total. The lowest BCUT2D eigenvalue weighted by Crippen LogP contribution is -2.19. The number of rotatable bonds is 5. The molecule has 0 bridgehead atoms. The van der Waals surface area contributed by atoms with Crippen LogP contribution in [-0.2, 0) is 0 Å². The standard InChI is InChI=1S/C16H15ClF2N2O2S/c1-9-3-5-14(22-2)12(7-9)21-16(24)20-10-4-6-13(11(17)8-10)23-15(18)19/h3-8,15H,1-2H3,(H2,20,21,24). The van der Waals surface area contributed by atoms with Crippen molar-refractivity contribution in [2.24, 2.45) is 0 Å². The Hall–Kier alpha value is -2.12. The summed E-state index contributed by atoms with van der Waals surface area (Å²) in [5.74, 6) is 0.542. The highest BCUT2D eigenvalue weighted by atomic mass is 35.5. The maximum absolute atomic E-state index is 12.2. The number of nitrogens with one attached hydrogen (secondary N) is 2. The zero-order valence-electron chi connectivity index (χ0n) is 12.9. The fourth-order valence-corrected chi connectivity index (χ4v) is 2.43. The van der Waals surface area contributed by atoms with Crippen molar-refractivity contribution in [3.05, 3.63) is 47.0 Å². The first-order chi connectivity index (χ1) is 11.4. The minimum Gasteiger partial charge on any atom is -0.495 e. The Kier molecular flexibility index (Phi) is 6.16. The van der Waals surface area contributed by atoms with E-state index in [1.807, 2.05) is 25.1 Å². The summed E-state index contributed by atoms with van der Waals surface area (Å²) in [5, 5.41) is 6.29. The molecule has 2 aromatic carbocycles. The molecule has 0 atom stereocenters. The minimum absolute atomic E-state index is 0.0521. The van der Waals surface area contributed by atoms with Crippen LogP contribution in [0.4, 0.5) is 20.2 Å². The molecule has 0 amide bonds. The highest BCUT2D eigenvalue weighted by Gasteiger charge is 2.10. The third-order valence-corrected chi connectivity index (χ3v) is 3.51. The van der Waals surface area contributed by atoms with Crippen molar-refractivity contribution in [1.29, 1.82) is 0 Å². The van der Waals surface area contributed by atoms with Crippen LogP contribution in [0.1, 0.15) is 5.56 Å². The molecule has 0 aliphatic carbocycles. The molecule has 0 unspecified atom stereocenters. The van der Waals surface area contributed by atoms with Gasteiger partial charge in [0, 0.05) is 5.69 Å². The number of ether oxygens (including phenoxy) is 2. The summed E-state index contributed by atoms with van der Waals surface area (Å²) in [6.45, 7) is -0.986. The van der Waals surface area contributed by atoms with Crippen LogP contribution in [0, 0.1) is 6.92 Å². The van der Waals surface area contributed by atoms with E-state index in [2.05, 4.69) is 15.4 Å². The number of aryl methyl sites for hydroxylation is 1. The van der Waals surface area contributed by atoms with Gasteiger partial charge >= 0.3 is 6.61 Å². The van der Waals surface area contributed by atoms with E-state index in [1.165, 1.54) is 18.2 Å². The zero-order chi connectivity index (χ0) is 17.7. The first kappa shape index (κ1) is 18.2. The number of anilines is 2. The van der Waals surface area contributed by atoms with Gasteiger partial charge in [-0.05, 0) is 55.0 Å². The Bertz CT molecular complexity index is 744. The summed E-state index contributed by atoms with van der Waals surface area (Å²) >= 11 is 11.1. The Morgan fingerprint density at radius 3 is 2.46 bits per heavy atom. The van der Waals surface area contributed by atoms with Crippen LogP contribution in [0.2, 0.25) is 5.02 Å². The second kappa shape index (κ2) is 8.12. The molecule has 2 N–H and O–H groups in total. The molecular formula is C16H15ClF2N2O2S. The SMILES string of the molecule is COc1ccc(C)cc1NC(=S)Nc1ccc(OC(F)F)c(Cl)c1. The predicted octanol–water partition coefficient (Wildman–Crippen LogP) is 5.07. The molecule has 0 radical (unpaired) electrons. The Morgan fingerprint density at radius 1 is 1.12 bits per heavy atom. The van der Waals surface area contributed by atoms with Gasteiger partial charge in [-0.25, -0.2) is 0 Å². The lowest BCUT2D eigenvalue weighted by molar-refractivity contribution is -0.0497. The van der Waals surface area contributed by atoms with Crippen LogP contribution in [-0.4, -0.2) is 18.8 Å². The maximum atomic E-state index is 12.2. The van der Waals surface area contributed by atoms with Crippen LogP contribution in [0.25, 0.3) is 0 Å². The lowest BCUT2D eigenvalue weighted by atomic mass is 10.2. The van der Waals surface area contributed by atoms with Crippen LogP contribution in [0.3, 0.4) is 0 Å². The molecule has 0 aromatic heterocycles. The van der Waals surface area contributed by atoms with E-state index in [4.69, 9.17) is 28.6 Å². The van der Waals surface area contributed by atoms with Gasteiger partial charge in [0.15, 0.2) is 5.11 Å². The summed E-state index contributed by atoms with van der Waals surface area (Å²) in [7, 11) is 1.56. The quantitative estimate of drug-likeness (QED) is 0.717. The maximum Gasteiger partial charge on any atom is 0.387 e. The summed E-state index contributed by atoms with van der Waals surface area (Å²) in [6.07, 6.45) is 0. The number of methoxy groups -OCH3 is 1. The molecule has 2 rings (SSSR count). The van der Waals surface area contributed by atoms with Gasteiger partial charge in [0.25, 0.3) is 0 Å². The summed E-state index contributed by atoms with van der Waals surface area (Å²) in [4.78, 5) is 0. The van der Waals surface area contributed by atoms with Crippen LogP contribution >= 0.6 is 23.8 Å². The molecule has 0 aliphatic heterocycles. The summed E-state index contributed by atoms with van der Waals surface area (Å²) in [5.41, 5.74) is 2.28. The molecule has 8 heteroatoms. The molecule has 0 aliphatic rings. The Balaban J connectivity index is 2.07. The average molecular weight is 373 g/mol. The van der Waals surface area contributed by atoms with Crippen molar-refractivity contribution < 1.29 is 18.3 Å². The smallest absolute Gasteiger partial charge is 0.387 e. The number of halogens is 3. The fraction of sp³-hybridized carbons (Fsp3) is 0.188. The van der Waals surface area contributed by atoms with Crippen LogP contribution < -0.4 is 20.1 Å². The molecule has 0 fully saturated rings. The Morgan fingerprint density at radius 2 is 1.83 bits per heavy atom. The summed E-state index contributed by atoms with van der Waals surface area (Å²) < 4.78 is 34.0. The topological polar surface area (TPSA) is 42.5 Å². The molecule has 2 aromatic rings. The third kappa shape index (κ3) is 4.94. The largest absolute Gasteiger partial charge is 0.495 e. The van der Waals surface area contributed by atoms with E-state index in [0.29, 0.717) is 22.2 Å². The second-order valence-corrected chi connectivity index (χ2v) is 5.62. The van der Waals surface area contributed by atoms with Gasteiger partial charge in [-0.2, -0.15) is 8.78 Å². The molecule has 0 spiro atoms. The van der Waals surface area contributed by atoms with Crippen molar-refractivity contribution in [3.8, 4) is 11.5 Å².